The predicted molar refractivity (Wildman–Crippen MR) is 151 cm³/mol. The number of nitrogens with one attached hydrogen (secondary N) is 1. The van der Waals surface area contributed by atoms with Crippen LogP contribution in [-0.4, -0.2) is 82.6 Å². The molecule has 1 aliphatic carbocycles. The molecule has 1 aliphatic heterocycles. The third-order valence-corrected chi connectivity index (χ3v) is 9.95. The van der Waals surface area contributed by atoms with Gasteiger partial charge in [0.05, 0.1) is 11.0 Å². The van der Waals surface area contributed by atoms with Gasteiger partial charge in [0, 0.05) is 67.2 Å². The molecule has 0 bridgehead atoms. The first kappa shape index (κ1) is 27.9. The van der Waals surface area contributed by atoms with E-state index in [-0.39, 0.29) is 23.1 Å². The number of aliphatic hydroxyl groups excluding tert-OH is 1. The number of anilines is 1. The molecule has 2 aromatic heterocycles. The van der Waals surface area contributed by atoms with Crippen molar-refractivity contribution in [3.05, 3.63) is 36.4 Å². The van der Waals surface area contributed by atoms with Gasteiger partial charge in [-0.25, -0.2) is 17.8 Å². The van der Waals surface area contributed by atoms with E-state index < -0.39 is 15.8 Å². The van der Waals surface area contributed by atoms with Gasteiger partial charge in [0.2, 0.25) is 16.0 Å². The largest absolute Gasteiger partial charge is 0.393 e. The molecule has 0 spiro atoms. The monoisotopic (exact) mass is 558 g/mol. The number of nitrogens with zero attached hydrogens (tertiary/aromatic N) is 5. The van der Waals surface area contributed by atoms with Crippen LogP contribution in [0, 0.1) is 5.82 Å². The maximum absolute atomic E-state index is 15.7. The summed E-state index contributed by atoms with van der Waals surface area (Å²) in [6, 6.07) is 4.52. The molecule has 0 radical (unpaired) electrons. The van der Waals surface area contributed by atoms with Crippen LogP contribution >= 0.6 is 0 Å². The first-order valence-electron chi connectivity index (χ1n) is 14.0. The first-order valence-corrected chi connectivity index (χ1v) is 15.4. The molecule has 1 atom stereocenters. The van der Waals surface area contributed by atoms with E-state index in [2.05, 4.69) is 33.6 Å². The second-order valence-electron chi connectivity index (χ2n) is 11.0. The SMILES string of the molecule is CCC[C@H](C)Nc1ncc2c(-c3ccc(S(=O)(=O)N4CCN(C)CC4)cc3F)cn([C@H]3CC[C@H](O)CC3)c2n1. The summed E-state index contributed by atoms with van der Waals surface area (Å²) in [4.78, 5) is 11.4. The van der Waals surface area contributed by atoms with Crippen LogP contribution in [-0.2, 0) is 10.0 Å². The third kappa shape index (κ3) is 5.82. The van der Waals surface area contributed by atoms with Gasteiger partial charge in [-0.1, -0.05) is 19.4 Å². The lowest BCUT2D eigenvalue weighted by atomic mass is 9.93. The van der Waals surface area contributed by atoms with Crippen molar-refractivity contribution in [1.82, 2.24) is 23.7 Å². The van der Waals surface area contributed by atoms with E-state index in [0.29, 0.717) is 67.1 Å². The van der Waals surface area contributed by atoms with Crippen molar-refractivity contribution in [2.24, 2.45) is 0 Å². The summed E-state index contributed by atoms with van der Waals surface area (Å²) in [5.41, 5.74) is 1.65. The summed E-state index contributed by atoms with van der Waals surface area (Å²) in [5, 5.41) is 14.1. The van der Waals surface area contributed by atoms with E-state index in [9.17, 15) is 13.5 Å². The smallest absolute Gasteiger partial charge is 0.243 e. The van der Waals surface area contributed by atoms with Crippen LogP contribution in [0.3, 0.4) is 0 Å². The Kier molecular flexibility index (Phi) is 8.23. The Bertz CT molecular complexity index is 1410. The minimum Gasteiger partial charge on any atom is -0.393 e. The maximum atomic E-state index is 15.7. The van der Waals surface area contributed by atoms with Gasteiger partial charge >= 0.3 is 0 Å². The molecule has 3 aromatic rings. The lowest BCUT2D eigenvalue weighted by Gasteiger charge is -2.31. The molecule has 2 aliphatic rings. The number of aliphatic hydroxyl groups is 1. The van der Waals surface area contributed by atoms with Crippen molar-refractivity contribution in [3.63, 3.8) is 0 Å². The van der Waals surface area contributed by atoms with Gasteiger partial charge in [-0.15, -0.1) is 0 Å². The number of likely N-dealkylation sites (N-methyl/N-ethyl adjacent to an activating group) is 1. The van der Waals surface area contributed by atoms with Gasteiger partial charge in [-0.05, 0) is 58.2 Å². The van der Waals surface area contributed by atoms with Crippen molar-refractivity contribution in [2.45, 2.75) is 75.5 Å². The summed E-state index contributed by atoms with van der Waals surface area (Å²) >= 11 is 0. The van der Waals surface area contributed by atoms with E-state index >= 15 is 4.39 Å². The summed E-state index contributed by atoms with van der Waals surface area (Å²) in [6.45, 7) is 6.29. The Morgan fingerprint density at radius 2 is 1.85 bits per heavy atom. The predicted octanol–water partition coefficient (Wildman–Crippen LogP) is 4.25. The molecule has 2 fully saturated rings. The minimum atomic E-state index is -3.78. The van der Waals surface area contributed by atoms with Gasteiger partial charge in [-0.2, -0.15) is 9.29 Å². The molecule has 0 unspecified atom stereocenters. The molecular formula is C28H39FN6O3S. The highest BCUT2D eigenvalue weighted by atomic mass is 32.2. The van der Waals surface area contributed by atoms with Crippen LogP contribution in [0.4, 0.5) is 10.3 Å². The second-order valence-corrected chi connectivity index (χ2v) is 13.0. The van der Waals surface area contributed by atoms with Gasteiger partial charge in [0.25, 0.3) is 0 Å². The van der Waals surface area contributed by atoms with Crippen LogP contribution in [0.2, 0.25) is 0 Å². The number of hydrogen-bond donors (Lipinski definition) is 2. The number of aromatic nitrogens is 3. The molecule has 0 amide bonds. The Morgan fingerprint density at radius 1 is 1.13 bits per heavy atom. The maximum Gasteiger partial charge on any atom is 0.243 e. The topological polar surface area (TPSA) is 104 Å². The Morgan fingerprint density at radius 3 is 2.51 bits per heavy atom. The van der Waals surface area contributed by atoms with Crippen molar-refractivity contribution >= 4 is 27.0 Å². The quantitative estimate of drug-likeness (QED) is 0.426. The van der Waals surface area contributed by atoms with Gasteiger partial charge < -0.3 is 19.9 Å². The summed E-state index contributed by atoms with van der Waals surface area (Å²) in [5.74, 6) is -0.0682. The lowest BCUT2D eigenvalue weighted by molar-refractivity contribution is 0.111. The minimum absolute atomic E-state index is 0.0362. The standard InChI is InChI=1S/C28H39FN6O3S/c1-4-5-19(2)31-28-30-17-24-25(18-35(27(24)32-28)20-6-8-21(36)9-7-20)23-11-10-22(16-26(23)29)39(37,38)34-14-12-33(3)13-15-34/h10-11,16-21,36H,4-9,12-15H2,1-3H3,(H,30,31,32)/t19-,20-,21-/m0/s1. The molecule has 1 aromatic carbocycles. The molecular weight excluding hydrogens is 519 g/mol. The molecule has 9 nitrogen and oxygen atoms in total. The van der Waals surface area contributed by atoms with Crippen LogP contribution in [0.5, 0.6) is 0 Å². The zero-order chi connectivity index (χ0) is 27.7. The third-order valence-electron chi connectivity index (χ3n) is 8.06. The fraction of sp³-hybridized carbons (Fsp3) is 0.571. The van der Waals surface area contributed by atoms with E-state index in [1.807, 2.05) is 13.2 Å². The highest BCUT2D eigenvalue weighted by molar-refractivity contribution is 7.89. The molecule has 1 saturated heterocycles. The fourth-order valence-electron chi connectivity index (χ4n) is 5.71. The average molecular weight is 559 g/mol. The highest BCUT2D eigenvalue weighted by Gasteiger charge is 2.29. The van der Waals surface area contributed by atoms with Crippen molar-refractivity contribution in [2.75, 3.05) is 38.5 Å². The zero-order valence-corrected chi connectivity index (χ0v) is 23.8. The molecule has 39 heavy (non-hydrogen) atoms. The molecule has 11 heteroatoms. The number of fused-ring (bicyclic) bond motifs is 1. The number of sulfonamides is 1. The molecule has 1 saturated carbocycles. The second kappa shape index (κ2) is 11.5. The van der Waals surface area contributed by atoms with Gasteiger partial charge in [0.15, 0.2) is 0 Å². The van der Waals surface area contributed by atoms with Crippen LogP contribution < -0.4 is 5.32 Å². The number of halogens is 1. The summed E-state index contributed by atoms with van der Waals surface area (Å²) < 4.78 is 45.6. The van der Waals surface area contributed by atoms with E-state index in [4.69, 9.17) is 4.98 Å². The number of rotatable bonds is 8. The summed E-state index contributed by atoms with van der Waals surface area (Å²) in [7, 11) is -1.83. The molecule has 212 valence electrons. The van der Waals surface area contributed by atoms with Crippen LogP contribution in [0.25, 0.3) is 22.2 Å². The van der Waals surface area contributed by atoms with E-state index in [0.717, 1.165) is 31.7 Å². The Balaban J connectivity index is 1.52. The summed E-state index contributed by atoms with van der Waals surface area (Å²) in [6.07, 6.45) is 8.38. The van der Waals surface area contributed by atoms with Gasteiger partial charge in [-0.3, -0.25) is 0 Å². The zero-order valence-electron chi connectivity index (χ0n) is 23.0. The van der Waals surface area contributed by atoms with Crippen molar-refractivity contribution in [1.29, 1.82) is 0 Å². The van der Waals surface area contributed by atoms with E-state index in [1.54, 1.807) is 12.3 Å². The van der Waals surface area contributed by atoms with Crippen LogP contribution in [0.1, 0.15) is 58.4 Å². The fourth-order valence-corrected chi connectivity index (χ4v) is 7.14. The Hall–Kier alpha value is -2.60. The normalized spacial score (nSPS) is 22.3. The first-order chi connectivity index (χ1) is 18.7. The average Bonchev–Trinajstić information content (AvgIpc) is 3.28. The van der Waals surface area contributed by atoms with Crippen molar-refractivity contribution < 1.29 is 17.9 Å². The lowest BCUT2D eigenvalue weighted by Crippen LogP contribution is -2.47. The van der Waals surface area contributed by atoms with Crippen LogP contribution in [0.15, 0.2) is 35.5 Å². The number of hydrogen-bond acceptors (Lipinski definition) is 7. The number of benzene rings is 1. The Labute approximate surface area is 230 Å². The molecule has 5 rings (SSSR count). The number of piperazine rings is 1. The highest BCUT2D eigenvalue weighted by Crippen LogP contribution is 2.38. The molecule has 3 heterocycles. The molecule has 2 N–H and O–H groups in total. The van der Waals surface area contributed by atoms with Gasteiger partial charge in [0.1, 0.15) is 11.5 Å². The van der Waals surface area contributed by atoms with Crippen molar-refractivity contribution in [3.8, 4) is 11.1 Å². The van der Waals surface area contributed by atoms with E-state index in [1.165, 1.54) is 10.4 Å².